The summed E-state index contributed by atoms with van der Waals surface area (Å²) >= 11 is 0. The van der Waals surface area contributed by atoms with Gasteiger partial charge in [-0.15, -0.1) is 0 Å². The standard InChI is InChI=1S/C18H23N2/c1-5-20(6-2)18-9-7-8-16(14-18)15-10-12-17(13-11-15)19(3)4/h7,9-14H,5-6H2,1-4H3. The zero-order valence-corrected chi connectivity index (χ0v) is 12.9. The molecule has 105 valence electrons. The Bertz CT molecular complexity index is 540. The third kappa shape index (κ3) is 3.13. The second-order valence-corrected chi connectivity index (χ2v) is 5.07. The molecule has 2 heteroatoms. The van der Waals surface area contributed by atoms with Crippen molar-refractivity contribution >= 4 is 11.4 Å². The molecule has 2 nitrogen and oxygen atoms in total. The molecule has 0 bridgehead atoms. The summed E-state index contributed by atoms with van der Waals surface area (Å²) < 4.78 is 0. The maximum absolute atomic E-state index is 3.34. The molecule has 0 heterocycles. The fraction of sp³-hybridized carbons (Fsp3) is 0.333. The monoisotopic (exact) mass is 267 g/mol. The molecule has 0 saturated carbocycles. The molecule has 0 aromatic heterocycles. The summed E-state index contributed by atoms with van der Waals surface area (Å²) in [4.78, 5) is 4.46. The van der Waals surface area contributed by atoms with Crippen molar-refractivity contribution in [2.24, 2.45) is 0 Å². The number of rotatable bonds is 5. The number of hydrogen-bond donors (Lipinski definition) is 0. The van der Waals surface area contributed by atoms with Crippen LogP contribution in [0.4, 0.5) is 11.4 Å². The van der Waals surface area contributed by atoms with Gasteiger partial charge in [-0.25, -0.2) is 0 Å². The van der Waals surface area contributed by atoms with Crippen LogP contribution in [0.25, 0.3) is 11.1 Å². The molecule has 1 radical (unpaired) electrons. The second-order valence-electron chi connectivity index (χ2n) is 5.07. The van der Waals surface area contributed by atoms with Crippen LogP contribution < -0.4 is 9.80 Å². The van der Waals surface area contributed by atoms with Crippen molar-refractivity contribution in [2.75, 3.05) is 37.0 Å². The highest BCUT2D eigenvalue weighted by Crippen LogP contribution is 2.26. The summed E-state index contributed by atoms with van der Waals surface area (Å²) in [5, 5.41) is 0. The van der Waals surface area contributed by atoms with E-state index in [-0.39, 0.29) is 0 Å². The van der Waals surface area contributed by atoms with Gasteiger partial charge in [-0.2, -0.15) is 0 Å². The van der Waals surface area contributed by atoms with Gasteiger partial charge in [0, 0.05) is 38.6 Å². The van der Waals surface area contributed by atoms with E-state index in [1.807, 2.05) is 6.07 Å². The first-order valence-electron chi connectivity index (χ1n) is 7.20. The molecule has 0 unspecified atom stereocenters. The molecule has 0 N–H and O–H groups in total. The van der Waals surface area contributed by atoms with Crippen molar-refractivity contribution in [1.82, 2.24) is 0 Å². The number of anilines is 2. The molecule has 0 spiro atoms. The zero-order chi connectivity index (χ0) is 14.5. The molecule has 0 atom stereocenters. The quantitative estimate of drug-likeness (QED) is 0.806. The molecule has 0 saturated heterocycles. The van der Waals surface area contributed by atoms with Crippen LogP contribution in [0.1, 0.15) is 13.8 Å². The van der Waals surface area contributed by atoms with E-state index < -0.39 is 0 Å². The average Bonchev–Trinajstić information content (AvgIpc) is 2.49. The molecule has 0 aliphatic rings. The summed E-state index contributed by atoms with van der Waals surface area (Å²) in [6.45, 7) is 6.43. The van der Waals surface area contributed by atoms with Crippen molar-refractivity contribution in [3.63, 3.8) is 0 Å². The first-order chi connectivity index (χ1) is 9.65. The van der Waals surface area contributed by atoms with Crippen molar-refractivity contribution in [1.29, 1.82) is 0 Å². The number of nitrogens with zero attached hydrogens (tertiary/aromatic N) is 2. The maximum atomic E-state index is 3.34. The maximum Gasteiger partial charge on any atom is 0.0372 e. The van der Waals surface area contributed by atoms with Gasteiger partial charge < -0.3 is 9.80 Å². The predicted molar refractivity (Wildman–Crippen MR) is 88.6 cm³/mol. The van der Waals surface area contributed by atoms with Crippen LogP contribution in [0.15, 0.2) is 42.5 Å². The van der Waals surface area contributed by atoms with Crippen LogP contribution in [0.2, 0.25) is 0 Å². The highest BCUT2D eigenvalue weighted by Gasteiger charge is 2.04. The van der Waals surface area contributed by atoms with E-state index in [2.05, 4.69) is 80.2 Å². The lowest BCUT2D eigenvalue weighted by Gasteiger charge is -2.21. The van der Waals surface area contributed by atoms with Gasteiger partial charge in [0.25, 0.3) is 0 Å². The summed E-state index contributed by atoms with van der Waals surface area (Å²) in [6.07, 6.45) is 0. The Kier molecular flexibility index (Phi) is 4.67. The normalized spacial score (nSPS) is 10.4. The number of hydrogen-bond acceptors (Lipinski definition) is 2. The van der Waals surface area contributed by atoms with Crippen molar-refractivity contribution in [3.8, 4) is 11.1 Å². The van der Waals surface area contributed by atoms with Crippen LogP contribution in [0.5, 0.6) is 0 Å². The molecule has 2 rings (SSSR count). The van der Waals surface area contributed by atoms with Crippen molar-refractivity contribution in [3.05, 3.63) is 48.5 Å². The zero-order valence-electron chi connectivity index (χ0n) is 12.9. The number of benzene rings is 2. The first kappa shape index (κ1) is 14.4. The molecular weight excluding hydrogens is 244 g/mol. The highest BCUT2D eigenvalue weighted by molar-refractivity contribution is 5.69. The molecule has 2 aromatic rings. The molecule has 0 amide bonds. The molecule has 0 aliphatic heterocycles. The Morgan fingerprint density at radius 2 is 1.55 bits per heavy atom. The van der Waals surface area contributed by atoms with E-state index in [0.717, 1.165) is 18.7 Å². The van der Waals surface area contributed by atoms with Crippen molar-refractivity contribution < 1.29 is 0 Å². The third-order valence-corrected chi connectivity index (χ3v) is 3.61. The first-order valence-corrected chi connectivity index (χ1v) is 7.20. The lowest BCUT2D eigenvalue weighted by molar-refractivity contribution is 0.866. The molecular formula is C18H23N2. The van der Waals surface area contributed by atoms with Crippen molar-refractivity contribution in [2.45, 2.75) is 13.8 Å². The molecule has 0 fully saturated rings. The van der Waals surface area contributed by atoms with Gasteiger partial charge in [-0.05, 0) is 55.3 Å². The fourth-order valence-corrected chi connectivity index (χ4v) is 2.35. The van der Waals surface area contributed by atoms with E-state index in [0.29, 0.717) is 0 Å². The van der Waals surface area contributed by atoms with E-state index in [1.54, 1.807) is 0 Å². The minimum Gasteiger partial charge on any atom is -0.378 e. The summed E-state index contributed by atoms with van der Waals surface area (Å²) in [5.41, 5.74) is 4.85. The summed E-state index contributed by atoms with van der Waals surface area (Å²) in [5.74, 6) is 0. The van der Waals surface area contributed by atoms with E-state index in [1.165, 1.54) is 16.9 Å². The van der Waals surface area contributed by atoms with Crippen LogP contribution >= 0.6 is 0 Å². The SMILES string of the molecule is CCN(CC)c1cc[c]c(-c2ccc(N(C)C)cc2)c1. The largest absolute Gasteiger partial charge is 0.378 e. The van der Waals surface area contributed by atoms with Crippen LogP contribution in [0, 0.1) is 6.07 Å². The Morgan fingerprint density at radius 1 is 0.900 bits per heavy atom. The van der Waals surface area contributed by atoms with E-state index in [4.69, 9.17) is 0 Å². The van der Waals surface area contributed by atoms with Crippen LogP contribution in [0.3, 0.4) is 0 Å². The van der Waals surface area contributed by atoms with Gasteiger partial charge in [0.1, 0.15) is 0 Å². The van der Waals surface area contributed by atoms with Gasteiger partial charge in [0.2, 0.25) is 0 Å². The Morgan fingerprint density at radius 3 is 2.10 bits per heavy atom. The Balaban J connectivity index is 2.30. The van der Waals surface area contributed by atoms with Crippen LogP contribution in [-0.4, -0.2) is 27.2 Å². The van der Waals surface area contributed by atoms with Gasteiger partial charge in [-0.1, -0.05) is 18.2 Å². The van der Waals surface area contributed by atoms with Gasteiger partial charge in [-0.3, -0.25) is 0 Å². The smallest absolute Gasteiger partial charge is 0.0372 e. The van der Waals surface area contributed by atoms with Gasteiger partial charge in [0.05, 0.1) is 0 Å². The topological polar surface area (TPSA) is 6.48 Å². The van der Waals surface area contributed by atoms with E-state index >= 15 is 0 Å². The summed E-state index contributed by atoms with van der Waals surface area (Å²) in [6, 6.07) is 18.3. The molecule has 0 aliphatic carbocycles. The van der Waals surface area contributed by atoms with Gasteiger partial charge >= 0.3 is 0 Å². The minimum atomic E-state index is 1.03. The molecule has 2 aromatic carbocycles. The molecule has 20 heavy (non-hydrogen) atoms. The highest BCUT2D eigenvalue weighted by atomic mass is 15.1. The minimum absolute atomic E-state index is 1.03. The Hall–Kier alpha value is -1.96. The predicted octanol–water partition coefficient (Wildman–Crippen LogP) is 4.07. The average molecular weight is 267 g/mol. The Labute approximate surface area is 122 Å². The van der Waals surface area contributed by atoms with Gasteiger partial charge in [0.15, 0.2) is 0 Å². The third-order valence-electron chi connectivity index (χ3n) is 3.61. The lowest BCUT2D eigenvalue weighted by Crippen LogP contribution is -2.21. The second kappa shape index (κ2) is 6.47. The fourth-order valence-electron chi connectivity index (χ4n) is 2.35. The van der Waals surface area contributed by atoms with E-state index in [9.17, 15) is 0 Å². The summed E-state index contributed by atoms with van der Waals surface area (Å²) in [7, 11) is 4.12. The lowest BCUT2D eigenvalue weighted by atomic mass is 10.0. The van der Waals surface area contributed by atoms with Crippen LogP contribution in [-0.2, 0) is 0 Å².